The molecule has 1 atom stereocenters. The SMILES string of the molecule is Cc1nnc(C(O)c2cnc(C3=CCN(C(=O)Nc4ccc(C)c(C)c4)CC3)c(Cl)c2)o1. The number of nitrogens with one attached hydrogen (secondary N) is 1. The number of carbonyl (C=O) groups excluding carboxylic acids is 1. The van der Waals surface area contributed by atoms with Crippen LogP contribution in [0.5, 0.6) is 0 Å². The van der Waals surface area contributed by atoms with E-state index >= 15 is 0 Å². The van der Waals surface area contributed by atoms with E-state index in [2.05, 4.69) is 20.5 Å². The maximum absolute atomic E-state index is 12.6. The number of hydrogen-bond donors (Lipinski definition) is 2. The second-order valence-corrected chi connectivity index (χ2v) is 8.22. The minimum Gasteiger partial charge on any atom is -0.422 e. The summed E-state index contributed by atoms with van der Waals surface area (Å²) in [5.41, 5.74) is 5.16. The topological polar surface area (TPSA) is 104 Å². The van der Waals surface area contributed by atoms with Gasteiger partial charge in [0.05, 0.1) is 10.7 Å². The molecule has 4 rings (SSSR count). The lowest BCUT2D eigenvalue weighted by molar-refractivity contribution is 0.180. The van der Waals surface area contributed by atoms with Gasteiger partial charge in [-0.05, 0) is 55.2 Å². The second-order valence-electron chi connectivity index (χ2n) is 7.82. The summed E-state index contributed by atoms with van der Waals surface area (Å²) in [7, 11) is 0. The molecule has 3 heterocycles. The minimum atomic E-state index is -1.10. The number of rotatable bonds is 4. The highest BCUT2D eigenvalue weighted by atomic mass is 35.5. The third-order valence-corrected chi connectivity index (χ3v) is 5.80. The van der Waals surface area contributed by atoms with E-state index in [1.807, 2.05) is 38.1 Å². The Labute approximate surface area is 190 Å². The summed E-state index contributed by atoms with van der Waals surface area (Å²) < 4.78 is 5.28. The van der Waals surface area contributed by atoms with E-state index in [0.717, 1.165) is 16.8 Å². The highest BCUT2D eigenvalue weighted by molar-refractivity contribution is 6.32. The number of urea groups is 1. The van der Waals surface area contributed by atoms with Crippen LogP contribution in [0.1, 0.15) is 46.7 Å². The molecule has 166 valence electrons. The van der Waals surface area contributed by atoms with Crippen LogP contribution in [-0.4, -0.2) is 44.3 Å². The van der Waals surface area contributed by atoms with Gasteiger partial charge in [-0.15, -0.1) is 10.2 Å². The maximum Gasteiger partial charge on any atom is 0.322 e. The molecule has 0 aliphatic carbocycles. The quantitative estimate of drug-likeness (QED) is 0.604. The van der Waals surface area contributed by atoms with Crippen molar-refractivity contribution in [3.63, 3.8) is 0 Å². The maximum atomic E-state index is 12.6. The molecular formula is C23H24ClN5O3. The number of nitrogens with zero attached hydrogens (tertiary/aromatic N) is 4. The zero-order chi connectivity index (χ0) is 22.8. The Hall–Kier alpha value is -3.23. The van der Waals surface area contributed by atoms with Crippen molar-refractivity contribution in [3.05, 3.63) is 75.7 Å². The van der Waals surface area contributed by atoms with Crippen molar-refractivity contribution in [1.29, 1.82) is 0 Å². The first-order valence-corrected chi connectivity index (χ1v) is 10.7. The fourth-order valence-electron chi connectivity index (χ4n) is 3.49. The second kappa shape index (κ2) is 9.10. The van der Waals surface area contributed by atoms with Crippen LogP contribution in [0.3, 0.4) is 0 Å². The van der Waals surface area contributed by atoms with Gasteiger partial charge in [0, 0.05) is 37.5 Å². The van der Waals surface area contributed by atoms with Crippen molar-refractivity contribution in [3.8, 4) is 0 Å². The summed E-state index contributed by atoms with van der Waals surface area (Å²) in [6.45, 7) is 6.71. The molecule has 0 spiro atoms. The van der Waals surface area contributed by atoms with Gasteiger partial charge in [-0.2, -0.15) is 0 Å². The largest absolute Gasteiger partial charge is 0.422 e. The van der Waals surface area contributed by atoms with Crippen molar-refractivity contribution < 1.29 is 14.3 Å². The molecule has 1 aliphatic heterocycles. The van der Waals surface area contributed by atoms with Gasteiger partial charge in [-0.1, -0.05) is 23.7 Å². The standard InChI is InChI=1S/C23H24ClN5O3/c1-13-4-5-18(10-14(13)2)26-23(31)29-8-6-16(7-9-29)20-19(24)11-17(12-25-20)21(30)22-28-27-15(3)32-22/h4-6,10-12,21,30H,7-9H2,1-3H3,(H,26,31). The lowest BCUT2D eigenvalue weighted by Crippen LogP contribution is -2.38. The van der Waals surface area contributed by atoms with Crippen LogP contribution in [0.25, 0.3) is 5.57 Å². The Morgan fingerprint density at radius 3 is 2.66 bits per heavy atom. The molecule has 2 aromatic heterocycles. The number of carbonyl (C=O) groups is 1. The monoisotopic (exact) mass is 453 g/mol. The van der Waals surface area contributed by atoms with Gasteiger partial charge >= 0.3 is 6.03 Å². The van der Waals surface area contributed by atoms with E-state index in [0.29, 0.717) is 41.7 Å². The lowest BCUT2D eigenvalue weighted by atomic mass is 10.0. The smallest absolute Gasteiger partial charge is 0.322 e. The van der Waals surface area contributed by atoms with E-state index in [-0.39, 0.29) is 11.9 Å². The minimum absolute atomic E-state index is 0.0930. The van der Waals surface area contributed by atoms with E-state index < -0.39 is 6.10 Å². The summed E-state index contributed by atoms with van der Waals surface area (Å²) in [6, 6.07) is 7.37. The average molecular weight is 454 g/mol. The molecule has 0 saturated heterocycles. The van der Waals surface area contributed by atoms with Crippen LogP contribution >= 0.6 is 11.6 Å². The molecule has 0 fully saturated rings. The van der Waals surface area contributed by atoms with Gasteiger partial charge < -0.3 is 19.7 Å². The molecule has 1 unspecified atom stereocenters. The van der Waals surface area contributed by atoms with Gasteiger partial charge in [0.25, 0.3) is 0 Å². The summed E-state index contributed by atoms with van der Waals surface area (Å²) in [6.07, 6.45) is 3.03. The van der Waals surface area contributed by atoms with Gasteiger partial charge in [-0.3, -0.25) is 4.98 Å². The number of benzene rings is 1. The number of aromatic nitrogens is 3. The number of halogens is 1. The van der Waals surface area contributed by atoms with Crippen LogP contribution in [-0.2, 0) is 0 Å². The molecule has 32 heavy (non-hydrogen) atoms. The van der Waals surface area contributed by atoms with Crippen molar-refractivity contribution in [2.75, 3.05) is 18.4 Å². The number of aliphatic hydroxyl groups excluding tert-OH is 1. The fourth-order valence-corrected chi connectivity index (χ4v) is 3.79. The Balaban J connectivity index is 1.43. The summed E-state index contributed by atoms with van der Waals surface area (Å²) in [5, 5.41) is 21.3. The van der Waals surface area contributed by atoms with E-state index in [1.165, 1.54) is 5.56 Å². The third kappa shape index (κ3) is 4.66. The van der Waals surface area contributed by atoms with Crippen LogP contribution < -0.4 is 5.32 Å². The van der Waals surface area contributed by atoms with Crippen LogP contribution in [0.4, 0.5) is 10.5 Å². The first-order valence-electron chi connectivity index (χ1n) is 10.3. The van der Waals surface area contributed by atoms with Crippen molar-refractivity contribution in [1.82, 2.24) is 20.1 Å². The molecular weight excluding hydrogens is 430 g/mol. The number of amides is 2. The predicted molar refractivity (Wildman–Crippen MR) is 121 cm³/mol. The Morgan fingerprint density at radius 2 is 2.03 bits per heavy atom. The number of aryl methyl sites for hydroxylation is 3. The zero-order valence-electron chi connectivity index (χ0n) is 18.1. The van der Waals surface area contributed by atoms with Gasteiger partial charge in [0.2, 0.25) is 11.8 Å². The fraction of sp³-hybridized carbons (Fsp3) is 0.304. The molecule has 2 amide bonds. The molecule has 3 aromatic rings. The van der Waals surface area contributed by atoms with Crippen molar-refractivity contribution in [2.24, 2.45) is 0 Å². The van der Waals surface area contributed by atoms with Crippen LogP contribution in [0, 0.1) is 20.8 Å². The van der Waals surface area contributed by atoms with Crippen molar-refractivity contribution in [2.45, 2.75) is 33.3 Å². The van der Waals surface area contributed by atoms with Crippen molar-refractivity contribution >= 4 is 28.9 Å². The number of anilines is 1. The van der Waals surface area contributed by atoms with E-state index in [1.54, 1.807) is 24.1 Å². The van der Waals surface area contributed by atoms with Gasteiger partial charge in [0.15, 0.2) is 6.10 Å². The summed E-state index contributed by atoms with van der Waals surface area (Å²) in [4.78, 5) is 18.8. The normalized spacial score (nSPS) is 14.8. The summed E-state index contributed by atoms with van der Waals surface area (Å²) in [5.74, 6) is 0.462. The van der Waals surface area contributed by atoms with Gasteiger partial charge in [0.1, 0.15) is 0 Å². The Morgan fingerprint density at radius 1 is 1.22 bits per heavy atom. The van der Waals surface area contributed by atoms with E-state index in [4.69, 9.17) is 16.0 Å². The molecule has 1 aromatic carbocycles. The zero-order valence-corrected chi connectivity index (χ0v) is 18.8. The molecule has 2 N–H and O–H groups in total. The molecule has 0 bridgehead atoms. The van der Waals surface area contributed by atoms with Crippen LogP contribution in [0.2, 0.25) is 5.02 Å². The third-order valence-electron chi connectivity index (χ3n) is 5.51. The molecule has 9 heteroatoms. The molecule has 0 radical (unpaired) electrons. The first-order chi connectivity index (χ1) is 15.3. The van der Waals surface area contributed by atoms with Gasteiger partial charge in [-0.25, -0.2) is 4.79 Å². The number of aliphatic hydroxyl groups is 1. The molecule has 1 aliphatic rings. The number of pyridine rings is 1. The predicted octanol–water partition coefficient (Wildman–Crippen LogP) is 4.45. The molecule has 8 nitrogen and oxygen atoms in total. The van der Waals surface area contributed by atoms with Crippen LogP contribution in [0.15, 0.2) is 41.0 Å². The Kier molecular flexibility index (Phi) is 6.25. The molecule has 0 saturated carbocycles. The average Bonchev–Trinajstić information content (AvgIpc) is 3.22. The van der Waals surface area contributed by atoms with E-state index in [9.17, 15) is 9.90 Å². The lowest BCUT2D eigenvalue weighted by Gasteiger charge is -2.27. The highest BCUT2D eigenvalue weighted by Crippen LogP contribution is 2.30. The Bertz CT molecular complexity index is 1190. The highest BCUT2D eigenvalue weighted by Gasteiger charge is 2.22. The first kappa shape index (κ1) is 22.0. The number of hydrogen-bond acceptors (Lipinski definition) is 6. The summed E-state index contributed by atoms with van der Waals surface area (Å²) >= 11 is 6.46.